The molecular formula is C33H38FN3O5S. The number of nitrogens with one attached hydrogen (secondary N) is 1. The van der Waals surface area contributed by atoms with Gasteiger partial charge in [-0.3, -0.25) is 14.0 Å². The normalized spacial score (nSPS) is 15.9. The van der Waals surface area contributed by atoms with Gasteiger partial charge in [0, 0.05) is 43.6 Å². The average molecular weight is 608 g/mol. The van der Waals surface area contributed by atoms with E-state index in [0.717, 1.165) is 44.4 Å². The topological polar surface area (TPSA) is 88.2 Å². The Morgan fingerprint density at radius 1 is 1.07 bits per heavy atom. The van der Waals surface area contributed by atoms with Gasteiger partial charge in [0.15, 0.2) is 11.6 Å². The van der Waals surface area contributed by atoms with Gasteiger partial charge in [0.25, 0.3) is 5.91 Å². The Morgan fingerprint density at radius 3 is 2.44 bits per heavy atom. The van der Waals surface area contributed by atoms with Crippen molar-refractivity contribution in [2.75, 3.05) is 49.3 Å². The molecule has 3 aromatic rings. The Kier molecular flexibility index (Phi) is 9.49. The third-order valence-corrected chi connectivity index (χ3v) is 9.11. The van der Waals surface area contributed by atoms with E-state index in [9.17, 15) is 17.6 Å². The first kappa shape index (κ1) is 30.7. The second-order valence-electron chi connectivity index (χ2n) is 11.0. The second-order valence-corrected chi connectivity index (χ2v) is 12.9. The zero-order valence-corrected chi connectivity index (χ0v) is 25.6. The molecule has 3 aromatic carbocycles. The summed E-state index contributed by atoms with van der Waals surface area (Å²) in [7, 11) is -1.48. The lowest BCUT2D eigenvalue weighted by Gasteiger charge is -2.31. The number of benzene rings is 3. The number of anilines is 2. The largest absolute Gasteiger partial charge is 0.491 e. The van der Waals surface area contributed by atoms with E-state index in [2.05, 4.69) is 17.3 Å². The summed E-state index contributed by atoms with van der Waals surface area (Å²) >= 11 is 0. The predicted molar refractivity (Wildman–Crippen MR) is 168 cm³/mol. The number of ether oxygens (including phenoxy) is 2. The van der Waals surface area contributed by atoms with Crippen LogP contribution in [0.4, 0.5) is 15.8 Å². The third-order valence-electron chi connectivity index (χ3n) is 7.93. The molecule has 0 aliphatic carbocycles. The van der Waals surface area contributed by atoms with Gasteiger partial charge >= 0.3 is 0 Å². The van der Waals surface area contributed by atoms with Crippen molar-refractivity contribution < 1.29 is 27.1 Å². The van der Waals surface area contributed by atoms with Crippen molar-refractivity contribution >= 4 is 33.4 Å². The van der Waals surface area contributed by atoms with E-state index < -0.39 is 15.8 Å². The number of rotatable bonds is 9. The fraction of sp³-hybridized carbons (Fsp3) is 0.364. The lowest BCUT2D eigenvalue weighted by atomic mass is 10.00. The highest BCUT2D eigenvalue weighted by Gasteiger charge is 2.26. The van der Waals surface area contributed by atoms with Crippen molar-refractivity contribution in [2.24, 2.45) is 0 Å². The Labute approximate surface area is 253 Å². The molecule has 8 nitrogen and oxygen atoms in total. The standard InChI is InChI=1S/C33H38FN3O5S/c1-4-42-32-12-8-25(21-30(32)34)24-7-11-31-27(19-24)20-26(13-16-37(31)43(3,39)40)33(38)35-28-9-5-23(6-10-28)22-36(2)29-14-17-41-18-15-29/h5-12,19-21,29H,4,13-18,22H2,1-3H3,(H,35,38). The number of hydrogen-bond acceptors (Lipinski definition) is 6. The van der Waals surface area contributed by atoms with Crippen LogP contribution in [-0.2, 0) is 26.1 Å². The van der Waals surface area contributed by atoms with Crippen LogP contribution in [0.5, 0.6) is 5.75 Å². The van der Waals surface area contributed by atoms with E-state index in [1.165, 1.54) is 10.4 Å². The molecule has 0 spiro atoms. The van der Waals surface area contributed by atoms with Crippen LogP contribution < -0.4 is 14.4 Å². The van der Waals surface area contributed by atoms with Gasteiger partial charge in [-0.05, 0) is 98.0 Å². The first-order valence-electron chi connectivity index (χ1n) is 14.6. The summed E-state index contributed by atoms with van der Waals surface area (Å²) in [6, 6.07) is 18.2. The molecule has 0 aromatic heterocycles. The first-order valence-corrected chi connectivity index (χ1v) is 16.4. The molecular weight excluding hydrogens is 569 g/mol. The van der Waals surface area contributed by atoms with Gasteiger partial charge in [-0.1, -0.05) is 24.3 Å². The van der Waals surface area contributed by atoms with Crippen LogP contribution in [0.15, 0.2) is 66.2 Å². The maximum Gasteiger partial charge on any atom is 0.251 e. The summed E-state index contributed by atoms with van der Waals surface area (Å²) in [5, 5.41) is 2.97. The zero-order valence-electron chi connectivity index (χ0n) is 24.8. The summed E-state index contributed by atoms with van der Waals surface area (Å²) in [5.41, 5.74) is 4.59. The van der Waals surface area contributed by atoms with Crippen LogP contribution in [0.2, 0.25) is 0 Å². The molecule has 1 amide bonds. The summed E-state index contributed by atoms with van der Waals surface area (Å²) in [6.07, 6.45) is 5.16. The van der Waals surface area contributed by atoms with Crippen molar-refractivity contribution in [3.63, 3.8) is 0 Å². The first-order chi connectivity index (χ1) is 20.6. The van der Waals surface area contributed by atoms with E-state index >= 15 is 0 Å². The number of amides is 1. The van der Waals surface area contributed by atoms with E-state index in [1.54, 1.807) is 43.3 Å². The highest BCUT2D eigenvalue weighted by Crippen LogP contribution is 2.35. The number of hydrogen-bond donors (Lipinski definition) is 1. The number of fused-ring (bicyclic) bond motifs is 1. The molecule has 5 rings (SSSR count). The molecule has 1 N–H and O–H groups in total. The van der Waals surface area contributed by atoms with Crippen molar-refractivity contribution in [1.29, 1.82) is 0 Å². The molecule has 0 bridgehead atoms. The summed E-state index contributed by atoms with van der Waals surface area (Å²) in [5.74, 6) is -0.614. The van der Waals surface area contributed by atoms with Crippen LogP contribution in [0, 0.1) is 5.82 Å². The minimum atomic E-state index is -3.61. The zero-order chi connectivity index (χ0) is 30.6. The smallest absolute Gasteiger partial charge is 0.251 e. The Bertz CT molecular complexity index is 1600. The molecule has 0 saturated carbocycles. The van der Waals surface area contributed by atoms with E-state index in [0.29, 0.717) is 46.3 Å². The molecule has 10 heteroatoms. The molecule has 2 aliphatic rings. The number of sulfonamides is 1. The average Bonchev–Trinajstić information content (AvgIpc) is 3.19. The van der Waals surface area contributed by atoms with Gasteiger partial charge in [-0.15, -0.1) is 0 Å². The second kappa shape index (κ2) is 13.3. The monoisotopic (exact) mass is 607 g/mol. The number of halogens is 1. The SMILES string of the molecule is CCOc1ccc(-c2ccc3c(c2)C=C(C(=O)Nc2ccc(CN(C)C4CCOCC4)cc2)CCN3S(C)(=O)=O)cc1F. The summed E-state index contributed by atoms with van der Waals surface area (Å²) in [6.45, 7) is 4.66. The number of carbonyl (C=O) groups is 1. The van der Waals surface area contributed by atoms with Crippen LogP contribution in [0.25, 0.3) is 17.2 Å². The molecule has 1 fully saturated rings. The Morgan fingerprint density at radius 2 is 1.77 bits per heavy atom. The quantitative estimate of drug-likeness (QED) is 0.336. The Hall–Kier alpha value is -3.73. The van der Waals surface area contributed by atoms with E-state index in [1.807, 2.05) is 24.3 Å². The Balaban J connectivity index is 1.36. The molecule has 228 valence electrons. The van der Waals surface area contributed by atoms with Crippen LogP contribution in [-0.4, -0.2) is 64.9 Å². The van der Waals surface area contributed by atoms with Gasteiger partial charge in [-0.25, -0.2) is 12.8 Å². The molecule has 1 saturated heterocycles. The molecule has 0 atom stereocenters. The van der Waals surface area contributed by atoms with E-state index in [4.69, 9.17) is 9.47 Å². The van der Waals surface area contributed by atoms with Gasteiger partial charge < -0.3 is 14.8 Å². The number of nitrogens with zero attached hydrogens (tertiary/aromatic N) is 2. The van der Waals surface area contributed by atoms with Gasteiger partial charge in [0.2, 0.25) is 10.0 Å². The molecule has 2 heterocycles. The molecule has 0 radical (unpaired) electrons. The van der Waals surface area contributed by atoms with Gasteiger partial charge in [-0.2, -0.15) is 0 Å². The highest BCUT2D eigenvalue weighted by atomic mass is 32.2. The van der Waals surface area contributed by atoms with Crippen molar-refractivity contribution in [1.82, 2.24) is 4.90 Å². The third kappa shape index (κ3) is 7.44. The lowest BCUT2D eigenvalue weighted by molar-refractivity contribution is -0.112. The minimum absolute atomic E-state index is 0.125. The van der Waals surface area contributed by atoms with Crippen molar-refractivity contribution in [2.45, 2.75) is 38.8 Å². The molecule has 0 unspecified atom stereocenters. The van der Waals surface area contributed by atoms with Crippen molar-refractivity contribution in [3.8, 4) is 16.9 Å². The highest BCUT2D eigenvalue weighted by molar-refractivity contribution is 7.92. The van der Waals surface area contributed by atoms with Gasteiger partial charge in [0.1, 0.15) is 0 Å². The van der Waals surface area contributed by atoms with Crippen LogP contribution in [0.3, 0.4) is 0 Å². The maximum atomic E-state index is 14.6. The van der Waals surface area contributed by atoms with Crippen LogP contribution >= 0.6 is 0 Å². The van der Waals surface area contributed by atoms with E-state index in [-0.39, 0.29) is 24.6 Å². The number of carbonyl (C=O) groups excluding carboxylic acids is 1. The fourth-order valence-corrected chi connectivity index (χ4v) is 6.55. The predicted octanol–water partition coefficient (Wildman–Crippen LogP) is 5.69. The fourth-order valence-electron chi connectivity index (χ4n) is 5.60. The van der Waals surface area contributed by atoms with Crippen molar-refractivity contribution in [3.05, 3.63) is 83.2 Å². The lowest BCUT2D eigenvalue weighted by Crippen LogP contribution is -2.36. The van der Waals surface area contributed by atoms with Crippen LogP contribution in [0.1, 0.15) is 37.3 Å². The molecule has 43 heavy (non-hydrogen) atoms. The minimum Gasteiger partial charge on any atom is -0.491 e. The maximum absolute atomic E-state index is 14.6. The summed E-state index contributed by atoms with van der Waals surface area (Å²) < 4.78 is 52.1. The molecule has 2 aliphatic heterocycles. The van der Waals surface area contributed by atoms with Gasteiger partial charge in [0.05, 0.1) is 18.6 Å². The summed E-state index contributed by atoms with van der Waals surface area (Å²) in [4.78, 5) is 15.8.